The summed E-state index contributed by atoms with van der Waals surface area (Å²) in [6.07, 6.45) is 5.37. The third kappa shape index (κ3) is 7.04. The Bertz CT molecular complexity index is 1960. The highest BCUT2D eigenvalue weighted by Gasteiger charge is 2.21. The molecule has 9 nitrogen and oxygen atoms in total. The summed E-state index contributed by atoms with van der Waals surface area (Å²) in [6, 6.07) is 26.9. The molecule has 0 aliphatic carbocycles. The first-order valence-corrected chi connectivity index (χ1v) is 15.4. The van der Waals surface area contributed by atoms with E-state index in [1.807, 2.05) is 49.4 Å². The van der Waals surface area contributed by atoms with Crippen LogP contribution < -0.4 is 11.1 Å². The molecule has 5 aromatic rings. The number of benzene rings is 2. The van der Waals surface area contributed by atoms with E-state index in [1.165, 1.54) is 11.9 Å². The van der Waals surface area contributed by atoms with E-state index >= 15 is 0 Å². The van der Waals surface area contributed by atoms with E-state index in [-0.39, 0.29) is 6.04 Å². The van der Waals surface area contributed by atoms with E-state index in [4.69, 9.17) is 15.7 Å². The number of hydrogen-bond acceptors (Lipinski definition) is 7. The molecule has 1 atom stereocenters. The standard InChI is InChI=1S/C37H37N9/c1-4-10-26(2)40-25-41-27(3)42-30-13-9-22-45(24-30)23-28-15-17-31(18-16-28)46-36(32-14-8-21-39-35(32)38)44-34-20-19-33(43-37(34)46)29-11-6-5-7-12-29/h5-8,11-12,14-21,25,30,42H,3,9,13,22-24H2,1-2H3,(H2,38,39)/b40-26?,41-25-. The summed E-state index contributed by atoms with van der Waals surface area (Å²) in [4.78, 5) is 25.4. The normalized spacial score (nSPS) is 15.5. The van der Waals surface area contributed by atoms with Gasteiger partial charge < -0.3 is 11.1 Å². The van der Waals surface area contributed by atoms with Gasteiger partial charge in [0.05, 0.1) is 17.0 Å². The zero-order chi connectivity index (χ0) is 31.9. The fraction of sp³-hybridized carbons (Fsp3) is 0.216. The monoisotopic (exact) mass is 607 g/mol. The van der Waals surface area contributed by atoms with Crippen LogP contribution in [0.2, 0.25) is 0 Å². The van der Waals surface area contributed by atoms with Crippen LogP contribution >= 0.6 is 0 Å². The number of fused-ring (bicyclic) bond motifs is 1. The van der Waals surface area contributed by atoms with Gasteiger partial charge in [-0.2, -0.15) is 0 Å². The van der Waals surface area contributed by atoms with Gasteiger partial charge in [0.2, 0.25) is 0 Å². The lowest BCUT2D eigenvalue weighted by molar-refractivity contribution is 0.189. The molecule has 0 spiro atoms. The molecule has 1 unspecified atom stereocenters. The van der Waals surface area contributed by atoms with Crippen LogP contribution in [0.4, 0.5) is 5.82 Å². The Balaban J connectivity index is 1.22. The summed E-state index contributed by atoms with van der Waals surface area (Å²) in [5.74, 6) is 7.48. The highest BCUT2D eigenvalue weighted by molar-refractivity contribution is 6.02. The van der Waals surface area contributed by atoms with Crippen LogP contribution in [0.25, 0.3) is 39.5 Å². The molecule has 3 N–H and O–H groups in total. The second-order valence-corrected chi connectivity index (χ2v) is 11.3. The number of aromatic nitrogens is 4. The lowest BCUT2D eigenvalue weighted by atomic mass is 10.0. The van der Waals surface area contributed by atoms with Crippen LogP contribution in [0, 0.1) is 11.8 Å². The first kappa shape index (κ1) is 30.4. The van der Waals surface area contributed by atoms with E-state index in [2.05, 4.69) is 84.6 Å². The fourth-order valence-corrected chi connectivity index (χ4v) is 5.76. The van der Waals surface area contributed by atoms with Gasteiger partial charge in [-0.3, -0.25) is 9.47 Å². The number of anilines is 1. The molecule has 9 heteroatoms. The van der Waals surface area contributed by atoms with Crippen molar-refractivity contribution in [2.45, 2.75) is 39.3 Å². The number of rotatable bonds is 9. The van der Waals surface area contributed by atoms with E-state index in [0.29, 0.717) is 17.5 Å². The van der Waals surface area contributed by atoms with E-state index < -0.39 is 0 Å². The van der Waals surface area contributed by atoms with Gasteiger partial charge in [0.1, 0.15) is 23.5 Å². The third-order valence-electron chi connectivity index (χ3n) is 7.90. The van der Waals surface area contributed by atoms with Crippen molar-refractivity contribution < 1.29 is 0 Å². The molecule has 1 aliphatic rings. The summed E-state index contributed by atoms with van der Waals surface area (Å²) in [7, 11) is 0. The highest BCUT2D eigenvalue weighted by atomic mass is 15.2. The smallest absolute Gasteiger partial charge is 0.165 e. The molecule has 6 rings (SSSR count). The Morgan fingerprint density at radius 3 is 2.67 bits per heavy atom. The molecule has 0 bridgehead atoms. The minimum atomic E-state index is 0.271. The van der Waals surface area contributed by atoms with Gasteiger partial charge in [0.25, 0.3) is 0 Å². The number of piperidine rings is 1. The van der Waals surface area contributed by atoms with Gasteiger partial charge in [-0.1, -0.05) is 55.0 Å². The molecule has 1 saturated heterocycles. The summed E-state index contributed by atoms with van der Waals surface area (Å²) in [5.41, 5.74) is 13.5. The number of imidazole rings is 1. The Labute approximate surface area is 269 Å². The van der Waals surface area contributed by atoms with Crippen molar-refractivity contribution in [2.24, 2.45) is 9.98 Å². The number of pyridine rings is 2. The number of nitrogens with zero attached hydrogens (tertiary/aromatic N) is 7. The van der Waals surface area contributed by atoms with Crippen molar-refractivity contribution in [3.05, 3.63) is 103 Å². The second-order valence-electron chi connectivity index (χ2n) is 11.3. The number of nitrogens with one attached hydrogen (secondary N) is 1. The molecule has 1 aliphatic heterocycles. The van der Waals surface area contributed by atoms with Gasteiger partial charge in [0, 0.05) is 36.6 Å². The van der Waals surface area contributed by atoms with E-state index in [0.717, 1.165) is 71.9 Å². The zero-order valence-electron chi connectivity index (χ0n) is 26.2. The molecule has 3 aromatic heterocycles. The highest BCUT2D eigenvalue weighted by Crippen LogP contribution is 2.32. The Kier molecular flexibility index (Phi) is 9.27. The van der Waals surface area contributed by atoms with Gasteiger partial charge in [-0.05, 0) is 75.2 Å². The van der Waals surface area contributed by atoms with Crippen LogP contribution in [0.1, 0.15) is 32.3 Å². The summed E-state index contributed by atoms with van der Waals surface area (Å²) in [6.45, 7) is 10.5. The largest absolute Gasteiger partial charge is 0.383 e. The number of likely N-dealkylation sites (tertiary alicyclic amines) is 1. The van der Waals surface area contributed by atoms with Crippen LogP contribution in [0.3, 0.4) is 0 Å². The van der Waals surface area contributed by atoms with Crippen LogP contribution in [0.15, 0.2) is 107 Å². The van der Waals surface area contributed by atoms with Crippen LogP contribution in [0.5, 0.6) is 0 Å². The molecule has 4 heterocycles. The topological polar surface area (TPSA) is 110 Å². The fourth-order valence-electron chi connectivity index (χ4n) is 5.76. The van der Waals surface area contributed by atoms with Crippen molar-refractivity contribution in [2.75, 3.05) is 18.8 Å². The maximum Gasteiger partial charge on any atom is 0.165 e. The number of aliphatic imine (C=N–C) groups is 2. The minimum absolute atomic E-state index is 0.271. The van der Waals surface area contributed by atoms with Gasteiger partial charge in [-0.15, -0.1) is 5.92 Å². The lowest BCUT2D eigenvalue weighted by Crippen LogP contribution is -2.44. The maximum absolute atomic E-state index is 6.34. The molecule has 46 heavy (non-hydrogen) atoms. The number of hydrogen-bond donors (Lipinski definition) is 2. The molecule has 0 saturated carbocycles. The van der Waals surface area contributed by atoms with Crippen molar-refractivity contribution >= 4 is 29.0 Å². The minimum Gasteiger partial charge on any atom is -0.383 e. The number of nitrogen functional groups attached to an aromatic ring is 1. The summed E-state index contributed by atoms with van der Waals surface area (Å²) in [5, 5.41) is 3.46. The molecular formula is C37H37N9. The maximum atomic E-state index is 6.34. The molecule has 0 amide bonds. The predicted molar refractivity (Wildman–Crippen MR) is 188 cm³/mol. The van der Waals surface area contributed by atoms with Crippen molar-refractivity contribution in [1.29, 1.82) is 0 Å². The van der Waals surface area contributed by atoms with E-state index in [9.17, 15) is 0 Å². The Morgan fingerprint density at radius 1 is 1.07 bits per heavy atom. The first-order valence-electron chi connectivity index (χ1n) is 15.4. The molecular weight excluding hydrogens is 570 g/mol. The second kappa shape index (κ2) is 14.0. The average molecular weight is 608 g/mol. The molecule has 2 aromatic carbocycles. The lowest BCUT2D eigenvalue weighted by Gasteiger charge is -2.33. The quantitative estimate of drug-likeness (QED) is 0.116. The van der Waals surface area contributed by atoms with Gasteiger partial charge in [-0.25, -0.2) is 24.9 Å². The average Bonchev–Trinajstić information content (AvgIpc) is 3.44. The van der Waals surface area contributed by atoms with E-state index in [1.54, 1.807) is 13.1 Å². The molecule has 0 radical (unpaired) electrons. The Hall–Kier alpha value is -5.59. The predicted octanol–water partition coefficient (Wildman–Crippen LogP) is 6.27. The van der Waals surface area contributed by atoms with Crippen LogP contribution in [-0.2, 0) is 6.54 Å². The SMILES string of the molecule is C=C(/N=C\N=C(C)C#CC)NC1CCCN(Cc2ccc(-n3c(-c4cccnc4N)nc4ccc(-c5ccccc5)nc43)cc2)C1. The molecule has 230 valence electrons. The summed E-state index contributed by atoms with van der Waals surface area (Å²) >= 11 is 0. The number of nitrogens with two attached hydrogens (primary N) is 1. The zero-order valence-corrected chi connectivity index (χ0v) is 26.2. The van der Waals surface area contributed by atoms with Crippen molar-refractivity contribution in [1.82, 2.24) is 29.7 Å². The first-order chi connectivity index (χ1) is 22.5. The van der Waals surface area contributed by atoms with Crippen molar-refractivity contribution in [3.8, 4) is 40.2 Å². The third-order valence-corrected chi connectivity index (χ3v) is 7.90. The summed E-state index contributed by atoms with van der Waals surface area (Å²) < 4.78 is 2.08. The van der Waals surface area contributed by atoms with Gasteiger partial charge in [0.15, 0.2) is 11.5 Å². The molecule has 1 fully saturated rings. The Morgan fingerprint density at radius 2 is 1.89 bits per heavy atom. The van der Waals surface area contributed by atoms with Crippen LogP contribution in [-0.4, -0.2) is 55.6 Å². The van der Waals surface area contributed by atoms with Crippen molar-refractivity contribution in [3.63, 3.8) is 0 Å². The van der Waals surface area contributed by atoms with Gasteiger partial charge >= 0.3 is 0 Å².